The molecule has 2 heterocycles. The fourth-order valence-corrected chi connectivity index (χ4v) is 5.28. The molecular formula is C31H48N8O4. The summed E-state index contributed by atoms with van der Waals surface area (Å²) >= 11 is 0. The first-order valence-corrected chi connectivity index (χ1v) is 15.4. The van der Waals surface area contributed by atoms with E-state index in [1.54, 1.807) is 18.7 Å². The first-order valence-electron chi connectivity index (χ1n) is 15.4. The molecule has 0 bridgehead atoms. The molecule has 1 aliphatic rings. The summed E-state index contributed by atoms with van der Waals surface area (Å²) in [5.74, 6) is -2.06. The number of nitrogens with zero attached hydrogens (tertiary/aromatic N) is 4. The molecular weight excluding hydrogens is 548 g/mol. The number of likely N-dealkylation sites (tertiary alicyclic amines) is 1. The van der Waals surface area contributed by atoms with E-state index in [9.17, 15) is 19.2 Å². The summed E-state index contributed by atoms with van der Waals surface area (Å²) in [5.41, 5.74) is 7.39. The average molecular weight is 597 g/mol. The van der Waals surface area contributed by atoms with E-state index < -0.39 is 36.0 Å². The van der Waals surface area contributed by atoms with Gasteiger partial charge in [-0.3, -0.25) is 19.2 Å². The zero-order chi connectivity index (χ0) is 31.5. The van der Waals surface area contributed by atoms with Gasteiger partial charge in [0, 0.05) is 25.6 Å². The molecule has 1 fully saturated rings. The molecule has 0 spiro atoms. The number of unbranched alkanes of at least 4 members (excludes halogenated alkanes) is 3. The van der Waals surface area contributed by atoms with E-state index in [4.69, 9.17) is 5.73 Å². The summed E-state index contributed by atoms with van der Waals surface area (Å²) in [5, 5.41) is 17.2. The number of aromatic nitrogens is 3. The van der Waals surface area contributed by atoms with Gasteiger partial charge in [-0.2, -0.15) is 0 Å². The summed E-state index contributed by atoms with van der Waals surface area (Å²) in [6, 6.07) is 5.77. The van der Waals surface area contributed by atoms with Crippen molar-refractivity contribution < 1.29 is 19.2 Å². The van der Waals surface area contributed by atoms with Crippen LogP contribution in [0.4, 0.5) is 0 Å². The molecule has 4 amide bonds. The molecule has 1 saturated heterocycles. The van der Waals surface area contributed by atoms with Gasteiger partial charge in [-0.05, 0) is 38.3 Å². The number of amides is 4. The lowest BCUT2D eigenvalue weighted by Crippen LogP contribution is -2.58. The second-order valence-corrected chi connectivity index (χ2v) is 11.8. The third kappa shape index (κ3) is 9.34. The maximum absolute atomic E-state index is 14.0. The van der Waals surface area contributed by atoms with Gasteiger partial charge in [0.05, 0.1) is 17.8 Å². The standard InChI is InChI=1S/C31H48N8O4/c1-6-7-8-12-15-23-18-39(37-36-23)24-17-26(30(42)34-25(28(32)40)16-22-13-10-9-11-14-22)38(19-24)31(43)27(20(2)3)35-29(41)21(4)33-5/h9-11,13-14,18,20-21,24-27,33H,6-8,12,15-17,19H2,1-5H3,(H2,32,40)(H,34,42)(H,35,41)/t21-,24-,25-,26-,27-/m0/s1. The van der Waals surface area contributed by atoms with Gasteiger partial charge in [-0.25, -0.2) is 4.68 Å². The first kappa shape index (κ1) is 33.7. The fraction of sp³-hybridized carbons (Fsp3) is 0.613. The SMILES string of the molecule is CCCCCCc1cn([C@H]2C[C@@H](C(=O)N[C@@H](Cc3ccccc3)C(N)=O)N(C(=O)[C@@H](NC(=O)[C@H](C)NC)C(C)C)C2)nn1. The number of benzene rings is 1. The van der Waals surface area contributed by atoms with E-state index in [0.29, 0.717) is 0 Å². The Morgan fingerprint density at radius 2 is 1.77 bits per heavy atom. The summed E-state index contributed by atoms with van der Waals surface area (Å²) in [7, 11) is 1.67. The van der Waals surface area contributed by atoms with Crippen molar-refractivity contribution in [1.29, 1.82) is 0 Å². The van der Waals surface area contributed by atoms with Gasteiger partial charge in [0.15, 0.2) is 0 Å². The van der Waals surface area contributed by atoms with Crippen molar-refractivity contribution in [1.82, 2.24) is 35.8 Å². The lowest BCUT2D eigenvalue weighted by molar-refractivity contribution is -0.143. The second-order valence-electron chi connectivity index (χ2n) is 11.8. The van der Waals surface area contributed by atoms with E-state index in [1.807, 2.05) is 50.4 Å². The van der Waals surface area contributed by atoms with Crippen molar-refractivity contribution in [2.75, 3.05) is 13.6 Å². The van der Waals surface area contributed by atoms with Crippen LogP contribution in [-0.2, 0) is 32.0 Å². The van der Waals surface area contributed by atoms with Crippen molar-refractivity contribution in [2.45, 2.75) is 103 Å². The Labute approximate surface area is 254 Å². The minimum absolute atomic E-state index is 0.205. The van der Waals surface area contributed by atoms with Gasteiger partial charge in [0.1, 0.15) is 18.1 Å². The minimum atomic E-state index is -0.955. The maximum atomic E-state index is 14.0. The number of carbonyl (C=O) groups excluding carboxylic acids is 4. The Balaban J connectivity index is 1.84. The largest absolute Gasteiger partial charge is 0.368 e. The maximum Gasteiger partial charge on any atom is 0.246 e. The number of primary amides is 1. The molecule has 1 aliphatic heterocycles. The van der Waals surface area contributed by atoms with Gasteiger partial charge in [-0.15, -0.1) is 5.10 Å². The van der Waals surface area contributed by atoms with Crippen molar-refractivity contribution in [3.05, 3.63) is 47.8 Å². The van der Waals surface area contributed by atoms with Crippen LogP contribution in [0.3, 0.4) is 0 Å². The molecule has 0 aliphatic carbocycles. The molecule has 1 aromatic carbocycles. The Bertz CT molecular complexity index is 1220. The Hall–Kier alpha value is -3.80. The van der Waals surface area contributed by atoms with Gasteiger partial charge in [-0.1, -0.05) is 75.6 Å². The highest BCUT2D eigenvalue weighted by molar-refractivity contribution is 5.95. The zero-order valence-corrected chi connectivity index (χ0v) is 26.1. The van der Waals surface area contributed by atoms with Crippen LogP contribution < -0.4 is 21.7 Å². The fourth-order valence-electron chi connectivity index (χ4n) is 5.28. The minimum Gasteiger partial charge on any atom is -0.368 e. The molecule has 0 radical (unpaired) electrons. The zero-order valence-electron chi connectivity index (χ0n) is 26.1. The molecule has 12 heteroatoms. The highest BCUT2D eigenvalue weighted by Crippen LogP contribution is 2.29. The molecule has 1 aromatic heterocycles. The van der Waals surface area contributed by atoms with Crippen molar-refractivity contribution >= 4 is 23.6 Å². The summed E-state index contributed by atoms with van der Waals surface area (Å²) in [6.45, 7) is 7.78. The summed E-state index contributed by atoms with van der Waals surface area (Å²) in [6.07, 6.45) is 7.65. The number of nitrogens with one attached hydrogen (secondary N) is 3. The molecule has 236 valence electrons. The highest BCUT2D eigenvalue weighted by Gasteiger charge is 2.44. The molecule has 43 heavy (non-hydrogen) atoms. The van der Waals surface area contributed by atoms with Crippen LogP contribution in [0.1, 0.15) is 77.1 Å². The van der Waals surface area contributed by atoms with E-state index in [2.05, 4.69) is 33.2 Å². The van der Waals surface area contributed by atoms with Gasteiger partial charge in [0.25, 0.3) is 0 Å². The second kappa shape index (κ2) is 16.2. The number of aryl methyl sites for hydroxylation is 1. The average Bonchev–Trinajstić information content (AvgIpc) is 3.65. The van der Waals surface area contributed by atoms with E-state index >= 15 is 0 Å². The molecule has 0 saturated carbocycles. The number of hydrogen-bond donors (Lipinski definition) is 4. The lowest BCUT2D eigenvalue weighted by Gasteiger charge is -2.31. The first-order chi connectivity index (χ1) is 20.5. The molecule has 0 unspecified atom stereocenters. The van der Waals surface area contributed by atoms with Crippen molar-refractivity contribution in [2.24, 2.45) is 11.7 Å². The molecule has 5 atom stereocenters. The predicted molar refractivity (Wildman–Crippen MR) is 164 cm³/mol. The quantitative estimate of drug-likeness (QED) is 0.213. The monoisotopic (exact) mass is 596 g/mol. The molecule has 12 nitrogen and oxygen atoms in total. The topological polar surface area (TPSA) is 164 Å². The van der Waals surface area contributed by atoms with Gasteiger partial charge < -0.3 is 26.6 Å². The highest BCUT2D eigenvalue weighted by atomic mass is 16.2. The van der Waals surface area contributed by atoms with Crippen LogP contribution in [0.5, 0.6) is 0 Å². The van der Waals surface area contributed by atoms with Gasteiger partial charge >= 0.3 is 0 Å². The van der Waals surface area contributed by atoms with Crippen LogP contribution in [0.15, 0.2) is 36.5 Å². The number of hydrogen-bond acceptors (Lipinski definition) is 7. The molecule has 3 rings (SSSR count). The predicted octanol–water partition coefficient (Wildman–Crippen LogP) is 1.50. The van der Waals surface area contributed by atoms with E-state index in [-0.39, 0.29) is 43.2 Å². The van der Waals surface area contributed by atoms with Crippen LogP contribution in [0.25, 0.3) is 0 Å². The van der Waals surface area contributed by atoms with E-state index in [0.717, 1.165) is 36.9 Å². The lowest BCUT2D eigenvalue weighted by atomic mass is 10.0. The van der Waals surface area contributed by atoms with E-state index in [1.165, 1.54) is 11.3 Å². The normalized spacial score (nSPS) is 18.7. The summed E-state index contributed by atoms with van der Waals surface area (Å²) in [4.78, 5) is 54.4. The van der Waals surface area contributed by atoms with Crippen LogP contribution in [-0.4, -0.2) is 81.3 Å². The summed E-state index contributed by atoms with van der Waals surface area (Å²) < 4.78 is 1.73. The Morgan fingerprint density at radius 1 is 1.05 bits per heavy atom. The molecule has 5 N–H and O–H groups in total. The van der Waals surface area contributed by atoms with Crippen LogP contribution in [0, 0.1) is 5.92 Å². The molecule has 2 aromatic rings. The third-order valence-corrected chi connectivity index (χ3v) is 8.08. The Kier molecular flexibility index (Phi) is 12.7. The smallest absolute Gasteiger partial charge is 0.246 e. The van der Waals surface area contributed by atoms with Crippen LogP contribution in [0.2, 0.25) is 0 Å². The number of likely N-dealkylation sites (N-methyl/N-ethyl adjacent to an activating group) is 1. The third-order valence-electron chi connectivity index (χ3n) is 8.08. The number of carbonyl (C=O) groups is 4. The van der Waals surface area contributed by atoms with Crippen LogP contribution >= 0.6 is 0 Å². The Morgan fingerprint density at radius 3 is 2.40 bits per heavy atom. The number of rotatable bonds is 16. The van der Waals surface area contributed by atoms with Crippen molar-refractivity contribution in [3.63, 3.8) is 0 Å². The van der Waals surface area contributed by atoms with Gasteiger partial charge in [0.2, 0.25) is 23.6 Å². The van der Waals surface area contributed by atoms with Crippen molar-refractivity contribution in [3.8, 4) is 0 Å². The number of nitrogens with two attached hydrogens (primary N) is 1.